The predicted molar refractivity (Wildman–Crippen MR) is 64.8 cm³/mol. The van der Waals surface area contributed by atoms with Crippen LogP contribution in [0.5, 0.6) is 0 Å². The van der Waals surface area contributed by atoms with Gasteiger partial charge in [0.25, 0.3) is 0 Å². The standard InChI is InChI=1S/C11H13N5O/c1-2-16-8-6-10(15-16)14-11(17)13-9-5-3-4-7-12-9/h3-8H,2H2,1H3,(H2,12,13,14,15,17). The van der Waals surface area contributed by atoms with E-state index in [2.05, 4.69) is 20.7 Å². The highest BCUT2D eigenvalue weighted by molar-refractivity contribution is 5.98. The molecule has 0 aromatic carbocycles. The van der Waals surface area contributed by atoms with Crippen molar-refractivity contribution in [1.29, 1.82) is 0 Å². The highest BCUT2D eigenvalue weighted by Crippen LogP contribution is 2.04. The Bertz CT molecular complexity index is 494. The summed E-state index contributed by atoms with van der Waals surface area (Å²) >= 11 is 0. The normalized spacial score (nSPS) is 9.94. The molecule has 0 saturated carbocycles. The molecule has 2 heterocycles. The molecular formula is C11H13N5O. The van der Waals surface area contributed by atoms with Crippen LogP contribution in [0.1, 0.15) is 6.92 Å². The number of nitrogens with one attached hydrogen (secondary N) is 2. The largest absolute Gasteiger partial charge is 0.326 e. The lowest BCUT2D eigenvalue weighted by molar-refractivity contribution is 0.262. The predicted octanol–water partition coefficient (Wildman–Crippen LogP) is 1.94. The number of amides is 2. The second-order valence-electron chi connectivity index (χ2n) is 3.35. The molecule has 6 heteroatoms. The lowest BCUT2D eigenvalue weighted by Crippen LogP contribution is -2.20. The molecule has 0 spiro atoms. The Morgan fingerprint density at radius 3 is 2.76 bits per heavy atom. The van der Waals surface area contributed by atoms with E-state index in [1.165, 1.54) is 0 Å². The van der Waals surface area contributed by atoms with Gasteiger partial charge in [0.15, 0.2) is 5.82 Å². The molecule has 0 aliphatic heterocycles. The van der Waals surface area contributed by atoms with Crippen LogP contribution in [-0.4, -0.2) is 20.8 Å². The quantitative estimate of drug-likeness (QED) is 0.847. The van der Waals surface area contributed by atoms with Crippen LogP contribution in [0.4, 0.5) is 16.4 Å². The second kappa shape index (κ2) is 5.11. The van der Waals surface area contributed by atoms with Crippen LogP contribution in [0, 0.1) is 0 Å². The van der Waals surface area contributed by atoms with E-state index in [4.69, 9.17) is 0 Å². The summed E-state index contributed by atoms with van der Waals surface area (Å²) in [6.45, 7) is 2.74. The van der Waals surface area contributed by atoms with Crippen molar-refractivity contribution in [3.8, 4) is 0 Å². The Kier molecular flexibility index (Phi) is 3.34. The molecule has 2 rings (SSSR count). The fraction of sp³-hybridized carbons (Fsp3) is 0.182. The summed E-state index contributed by atoms with van der Waals surface area (Å²) in [5.74, 6) is 1.01. The molecule has 0 bridgehead atoms. The molecule has 2 aromatic rings. The Balaban J connectivity index is 1.93. The number of aromatic nitrogens is 3. The highest BCUT2D eigenvalue weighted by Gasteiger charge is 2.04. The van der Waals surface area contributed by atoms with Gasteiger partial charge in [-0.1, -0.05) is 6.07 Å². The van der Waals surface area contributed by atoms with Crippen molar-refractivity contribution in [3.63, 3.8) is 0 Å². The molecule has 0 aliphatic rings. The van der Waals surface area contributed by atoms with Crippen molar-refractivity contribution in [2.75, 3.05) is 10.6 Å². The van der Waals surface area contributed by atoms with Gasteiger partial charge >= 0.3 is 6.03 Å². The van der Waals surface area contributed by atoms with Crippen LogP contribution in [0.25, 0.3) is 0 Å². The molecule has 0 aliphatic carbocycles. The summed E-state index contributed by atoms with van der Waals surface area (Å²) in [6, 6.07) is 6.68. The third-order valence-electron chi connectivity index (χ3n) is 2.11. The first-order valence-electron chi connectivity index (χ1n) is 5.30. The van der Waals surface area contributed by atoms with E-state index in [1.807, 2.05) is 6.92 Å². The van der Waals surface area contributed by atoms with Crippen molar-refractivity contribution in [2.45, 2.75) is 13.5 Å². The number of anilines is 2. The lowest BCUT2D eigenvalue weighted by atomic mass is 10.5. The maximum atomic E-state index is 11.6. The van der Waals surface area contributed by atoms with Gasteiger partial charge in [0.05, 0.1) is 0 Å². The smallest absolute Gasteiger partial charge is 0.292 e. The van der Waals surface area contributed by atoms with E-state index in [0.717, 1.165) is 6.54 Å². The van der Waals surface area contributed by atoms with Crippen molar-refractivity contribution in [3.05, 3.63) is 36.7 Å². The zero-order chi connectivity index (χ0) is 12.1. The van der Waals surface area contributed by atoms with Gasteiger partial charge in [-0.05, 0) is 19.1 Å². The summed E-state index contributed by atoms with van der Waals surface area (Å²) in [6.07, 6.45) is 3.41. The Hall–Kier alpha value is -2.37. The number of hydrogen-bond donors (Lipinski definition) is 2. The summed E-state index contributed by atoms with van der Waals surface area (Å²) in [4.78, 5) is 15.6. The minimum atomic E-state index is -0.356. The molecule has 2 aromatic heterocycles. The van der Waals surface area contributed by atoms with Crippen LogP contribution < -0.4 is 10.6 Å². The average Bonchev–Trinajstić information content (AvgIpc) is 2.78. The van der Waals surface area contributed by atoms with E-state index in [1.54, 1.807) is 41.3 Å². The number of nitrogens with zero attached hydrogens (tertiary/aromatic N) is 3. The maximum Gasteiger partial charge on any atom is 0.326 e. The number of carbonyl (C=O) groups is 1. The number of hydrogen-bond acceptors (Lipinski definition) is 3. The summed E-state index contributed by atoms with van der Waals surface area (Å²) < 4.78 is 1.73. The Morgan fingerprint density at radius 1 is 1.29 bits per heavy atom. The van der Waals surface area contributed by atoms with E-state index in [0.29, 0.717) is 11.6 Å². The number of carbonyl (C=O) groups excluding carboxylic acids is 1. The van der Waals surface area contributed by atoms with Crippen LogP contribution in [0.15, 0.2) is 36.7 Å². The molecule has 6 nitrogen and oxygen atoms in total. The minimum absolute atomic E-state index is 0.356. The van der Waals surface area contributed by atoms with Gasteiger partial charge in [0.2, 0.25) is 0 Å². The van der Waals surface area contributed by atoms with Crippen LogP contribution >= 0.6 is 0 Å². The first-order chi connectivity index (χ1) is 8.28. The Morgan fingerprint density at radius 2 is 2.12 bits per heavy atom. The number of aryl methyl sites for hydroxylation is 1. The minimum Gasteiger partial charge on any atom is -0.292 e. The number of rotatable bonds is 3. The third-order valence-corrected chi connectivity index (χ3v) is 2.11. The van der Waals surface area contributed by atoms with Crippen molar-refractivity contribution in [1.82, 2.24) is 14.8 Å². The lowest BCUT2D eigenvalue weighted by Gasteiger charge is -2.03. The molecule has 2 amide bonds. The average molecular weight is 231 g/mol. The fourth-order valence-corrected chi connectivity index (χ4v) is 1.31. The number of urea groups is 1. The van der Waals surface area contributed by atoms with Gasteiger partial charge in [-0.25, -0.2) is 9.78 Å². The second-order valence-corrected chi connectivity index (χ2v) is 3.35. The first-order valence-corrected chi connectivity index (χ1v) is 5.30. The molecule has 2 N–H and O–H groups in total. The molecule has 0 atom stereocenters. The third kappa shape index (κ3) is 3.04. The van der Waals surface area contributed by atoms with E-state index < -0.39 is 0 Å². The summed E-state index contributed by atoms with van der Waals surface area (Å²) in [7, 11) is 0. The van der Waals surface area contributed by atoms with Gasteiger partial charge in [0, 0.05) is 25.0 Å². The Labute approximate surface area is 98.7 Å². The first kappa shape index (κ1) is 11.1. The van der Waals surface area contributed by atoms with E-state index >= 15 is 0 Å². The molecule has 0 radical (unpaired) electrons. The van der Waals surface area contributed by atoms with Gasteiger partial charge < -0.3 is 0 Å². The summed E-state index contributed by atoms with van der Waals surface area (Å²) in [5.41, 5.74) is 0. The van der Waals surface area contributed by atoms with Crippen molar-refractivity contribution < 1.29 is 4.79 Å². The van der Waals surface area contributed by atoms with Gasteiger partial charge in [-0.3, -0.25) is 15.3 Å². The monoisotopic (exact) mass is 231 g/mol. The van der Waals surface area contributed by atoms with Crippen molar-refractivity contribution in [2.24, 2.45) is 0 Å². The van der Waals surface area contributed by atoms with Crippen LogP contribution in [-0.2, 0) is 6.54 Å². The van der Waals surface area contributed by atoms with E-state index in [-0.39, 0.29) is 6.03 Å². The summed E-state index contributed by atoms with van der Waals surface area (Å²) in [5, 5.41) is 9.37. The molecule has 17 heavy (non-hydrogen) atoms. The topological polar surface area (TPSA) is 71.8 Å². The SMILES string of the molecule is CCn1ccc(NC(=O)Nc2ccccn2)n1. The zero-order valence-corrected chi connectivity index (χ0v) is 9.42. The molecule has 88 valence electrons. The zero-order valence-electron chi connectivity index (χ0n) is 9.42. The highest BCUT2D eigenvalue weighted by atomic mass is 16.2. The molecular weight excluding hydrogens is 218 g/mol. The maximum absolute atomic E-state index is 11.6. The van der Waals surface area contributed by atoms with Gasteiger partial charge in [0.1, 0.15) is 5.82 Å². The van der Waals surface area contributed by atoms with Gasteiger partial charge in [-0.2, -0.15) is 5.10 Å². The van der Waals surface area contributed by atoms with Crippen molar-refractivity contribution >= 4 is 17.7 Å². The number of pyridine rings is 1. The molecule has 0 unspecified atom stereocenters. The van der Waals surface area contributed by atoms with E-state index in [9.17, 15) is 4.79 Å². The molecule has 0 saturated heterocycles. The van der Waals surface area contributed by atoms with Crippen LogP contribution in [0.2, 0.25) is 0 Å². The van der Waals surface area contributed by atoms with Gasteiger partial charge in [-0.15, -0.1) is 0 Å². The van der Waals surface area contributed by atoms with Crippen LogP contribution in [0.3, 0.4) is 0 Å². The fourth-order valence-electron chi connectivity index (χ4n) is 1.31. The molecule has 0 fully saturated rings.